The number of rotatable bonds is 6. The van der Waals surface area contributed by atoms with Gasteiger partial charge in [-0.2, -0.15) is 0 Å². The van der Waals surface area contributed by atoms with Gasteiger partial charge in [-0.3, -0.25) is 14.3 Å². The fourth-order valence-corrected chi connectivity index (χ4v) is 2.89. The molecule has 1 heterocycles. The van der Waals surface area contributed by atoms with Crippen LogP contribution in [-0.4, -0.2) is 21.9 Å². The molecule has 0 bridgehead atoms. The molecule has 0 saturated heterocycles. The minimum absolute atomic E-state index is 0.261. The number of para-hydroxylation sites is 2. The first kappa shape index (κ1) is 18.5. The van der Waals surface area contributed by atoms with Crippen LogP contribution in [0.15, 0.2) is 59.4 Å². The number of benzene rings is 2. The van der Waals surface area contributed by atoms with Gasteiger partial charge in [0, 0.05) is 7.05 Å². The zero-order valence-corrected chi connectivity index (χ0v) is 15.7. The molecule has 0 aliphatic rings. The lowest BCUT2D eigenvalue weighted by molar-refractivity contribution is 0.102. The topological polar surface area (TPSA) is 65.3 Å². The number of nitrogens with one attached hydrogen (secondary N) is 1. The van der Waals surface area contributed by atoms with Crippen molar-refractivity contribution >= 4 is 11.6 Å². The molecule has 6 nitrogen and oxygen atoms in total. The van der Waals surface area contributed by atoms with Gasteiger partial charge in [-0.1, -0.05) is 37.3 Å². The third-order valence-electron chi connectivity index (χ3n) is 4.39. The fourth-order valence-electron chi connectivity index (χ4n) is 2.89. The fraction of sp³-hybridized carbons (Fsp3) is 0.238. The zero-order valence-electron chi connectivity index (χ0n) is 15.7. The van der Waals surface area contributed by atoms with Crippen LogP contribution in [0.3, 0.4) is 0 Å². The highest BCUT2D eigenvalue weighted by atomic mass is 16.5. The zero-order chi connectivity index (χ0) is 19.4. The normalized spacial score (nSPS) is 10.6. The van der Waals surface area contributed by atoms with E-state index in [4.69, 9.17) is 4.74 Å². The van der Waals surface area contributed by atoms with Crippen LogP contribution in [0.1, 0.15) is 29.4 Å². The first-order chi connectivity index (χ1) is 13.0. The van der Waals surface area contributed by atoms with E-state index in [1.54, 1.807) is 36.9 Å². The van der Waals surface area contributed by atoms with E-state index in [-0.39, 0.29) is 17.2 Å². The molecule has 0 saturated carbocycles. The number of aromatic nitrogens is 2. The van der Waals surface area contributed by atoms with E-state index in [1.807, 2.05) is 43.3 Å². The monoisotopic (exact) mass is 365 g/mol. The summed E-state index contributed by atoms with van der Waals surface area (Å²) in [5.74, 6) is 0.140. The van der Waals surface area contributed by atoms with Crippen molar-refractivity contribution in [2.45, 2.75) is 20.3 Å². The van der Waals surface area contributed by atoms with E-state index < -0.39 is 0 Å². The van der Waals surface area contributed by atoms with Crippen LogP contribution in [0.25, 0.3) is 5.69 Å². The van der Waals surface area contributed by atoms with Gasteiger partial charge in [0.2, 0.25) is 0 Å². The summed E-state index contributed by atoms with van der Waals surface area (Å²) < 4.78 is 8.92. The molecule has 3 aromatic rings. The summed E-state index contributed by atoms with van der Waals surface area (Å²) >= 11 is 0. The van der Waals surface area contributed by atoms with E-state index in [0.717, 1.165) is 12.1 Å². The number of nitrogens with zero attached hydrogens (tertiary/aromatic N) is 2. The quantitative estimate of drug-likeness (QED) is 0.727. The Morgan fingerprint density at radius 1 is 1.07 bits per heavy atom. The van der Waals surface area contributed by atoms with Gasteiger partial charge in [0.15, 0.2) is 0 Å². The van der Waals surface area contributed by atoms with Gasteiger partial charge >= 0.3 is 0 Å². The number of hydrogen-bond acceptors (Lipinski definition) is 3. The summed E-state index contributed by atoms with van der Waals surface area (Å²) in [5.41, 5.74) is 1.79. The Morgan fingerprint density at radius 2 is 1.74 bits per heavy atom. The van der Waals surface area contributed by atoms with E-state index >= 15 is 0 Å². The third-order valence-corrected chi connectivity index (χ3v) is 4.39. The molecular formula is C21H23N3O3. The molecule has 1 aromatic heterocycles. The van der Waals surface area contributed by atoms with Crippen molar-refractivity contribution in [2.24, 2.45) is 7.05 Å². The van der Waals surface area contributed by atoms with Crippen LogP contribution in [0.2, 0.25) is 0 Å². The highest BCUT2D eigenvalue weighted by molar-refractivity contribution is 6.06. The molecule has 0 fully saturated rings. The van der Waals surface area contributed by atoms with Crippen molar-refractivity contribution in [2.75, 3.05) is 11.9 Å². The lowest BCUT2D eigenvalue weighted by atomic mass is 10.2. The summed E-state index contributed by atoms with van der Waals surface area (Å²) in [6.45, 7) is 4.33. The van der Waals surface area contributed by atoms with Crippen LogP contribution < -0.4 is 15.6 Å². The molecule has 1 amide bonds. The van der Waals surface area contributed by atoms with Crippen molar-refractivity contribution in [3.63, 3.8) is 0 Å². The highest BCUT2D eigenvalue weighted by Gasteiger charge is 2.20. The van der Waals surface area contributed by atoms with Crippen LogP contribution >= 0.6 is 0 Å². The Hall–Kier alpha value is -3.28. The molecule has 0 spiro atoms. The van der Waals surface area contributed by atoms with Crippen LogP contribution in [-0.2, 0) is 7.05 Å². The van der Waals surface area contributed by atoms with Gasteiger partial charge in [0.05, 0.1) is 23.6 Å². The maximum absolute atomic E-state index is 12.9. The van der Waals surface area contributed by atoms with Gasteiger partial charge in [0.25, 0.3) is 11.5 Å². The van der Waals surface area contributed by atoms with E-state index in [2.05, 4.69) is 5.32 Å². The van der Waals surface area contributed by atoms with Gasteiger partial charge in [0.1, 0.15) is 11.4 Å². The Labute approximate surface area is 158 Å². The molecule has 0 radical (unpaired) electrons. The van der Waals surface area contributed by atoms with Gasteiger partial charge in [-0.05, 0) is 37.6 Å². The first-order valence-electron chi connectivity index (χ1n) is 8.91. The molecule has 1 N–H and O–H groups in total. The Morgan fingerprint density at radius 3 is 2.44 bits per heavy atom. The van der Waals surface area contributed by atoms with Gasteiger partial charge in [-0.25, -0.2) is 4.68 Å². The van der Waals surface area contributed by atoms with Crippen molar-refractivity contribution in [1.29, 1.82) is 0 Å². The molecule has 2 aromatic carbocycles. The minimum atomic E-state index is -0.368. The maximum Gasteiger partial charge on any atom is 0.295 e. The molecule has 3 rings (SSSR count). The summed E-state index contributed by atoms with van der Waals surface area (Å²) in [6.07, 6.45) is 0.843. The second-order valence-corrected chi connectivity index (χ2v) is 6.24. The third kappa shape index (κ3) is 3.65. The smallest absolute Gasteiger partial charge is 0.295 e. The summed E-state index contributed by atoms with van der Waals surface area (Å²) in [7, 11) is 1.79. The minimum Gasteiger partial charge on any atom is -0.493 e. The van der Waals surface area contributed by atoms with Crippen molar-refractivity contribution in [3.8, 4) is 11.4 Å². The lowest BCUT2D eigenvalue weighted by Gasteiger charge is -2.10. The number of anilines is 1. The Kier molecular flexibility index (Phi) is 5.45. The van der Waals surface area contributed by atoms with Crippen molar-refractivity contribution < 1.29 is 9.53 Å². The lowest BCUT2D eigenvalue weighted by Crippen LogP contribution is -2.23. The van der Waals surface area contributed by atoms with Gasteiger partial charge < -0.3 is 10.1 Å². The largest absolute Gasteiger partial charge is 0.493 e. The van der Waals surface area contributed by atoms with E-state index in [9.17, 15) is 9.59 Å². The number of ether oxygens (including phenoxy) is 1. The predicted octanol–water partition coefficient (Wildman–Crippen LogP) is 3.53. The van der Waals surface area contributed by atoms with Crippen molar-refractivity contribution in [1.82, 2.24) is 9.36 Å². The molecule has 0 aliphatic heterocycles. The van der Waals surface area contributed by atoms with Crippen molar-refractivity contribution in [3.05, 3.63) is 76.2 Å². The second-order valence-electron chi connectivity index (χ2n) is 6.24. The molecule has 0 unspecified atom stereocenters. The highest BCUT2D eigenvalue weighted by Crippen LogP contribution is 2.21. The summed E-state index contributed by atoms with van der Waals surface area (Å²) in [4.78, 5) is 25.7. The molecule has 0 atom stereocenters. The van der Waals surface area contributed by atoms with E-state index in [1.165, 1.54) is 4.68 Å². The maximum atomic E-state index is 12.9. The molecule has 140 valence electrons. The second kappa shape index (κ2) is 7.95. The summed E-state index contributed by atoms with van der Waals surface area (Å²) in [6, 6.07) is 16.3. The number of amides is 1. The Balaban J connectivity index is 1.96. The molecule has 0 aliphatic carbocycles. The standard InChI is InChI=1S/C21H23N3O3/c1-4-14-27-18-13-9-8-12-17(18)20(25)22-19-15(2)23(3)24(21(19)26)16-10-6-5-7-11-16/h5-13H,4,14H2,1-3H3,(H,22,25). The molecule has 6 heteroatoms. The SMILES string of the molecule is CCCOc1ccccc1C(=O)Nc1c(C)n(C)n(-c2ccccc2)c1=O. The predicted molar refractivity (Wildman–Crippen MR) is 106 cm³/mol. The van der Waals surface area contributed by atoms with Crippen LogP contribution in [0, 0.1) is 6.92 Å². The van der Waals surface area contributed by atoms with Crippen LogP contribution in [0.4, 0.5) is 5.69 Å². The molecular weight excluding hydrogens is 342 g/mol. The van der Waals surface area contributed by atoms with E-state index in [0.29, 0.717) is 23.6 Å². The summed E-state index contributed by atoms with van der Waals surface area (Å²) in [5, 5.41) is 2.77. The first-order valence-corrected chi connectivity index (χ1v) is 8.91. The number of carbonyl (C=O) groups is 1. The average Bonchev–Trinajstić information content (AvgIpc) is 2.90. The molecule has 27 heavy (non-hydrogen) atoms. The average molecular weight is 365 g/mol. The Bertz CT molecular complexity index is 1000. The van der Waals surface area contributed by atoms with Crippen LogP contribution in [0.5, 0.6) is 5.75 Å². The number of carbonyl (C=O) groups excluding carboxylic acids is 1. The van der Waals surface area contributed by atoms with Gasteiger partial charge in [-0.15, -0.1) is 0 Å². The number of hydrogen-bond donors (Lipinski definition) is 1.